The van der Waals surface area contributed by atoms with Gasteiger partial charge in [0.05, 0.1) is 26.0 Å². The number of nitrogens with one attached hydrogen (secondary N) is 1. The molecule has 4 aromatic rings. The highest BCUT2D eigenvalue weighted by molar-refractivity contribution is 6.36. The fourth-order valence-electron chi connectivity index (χ4n) is 4.35. The van der Waals surface area contributed by atoms with Gasteiger partial charge in [-0.3, -0.25) is 14.0 Å². The molecule has 0 bridgehead atoms. The summed E-state index contributed by atoms with van der Waals surface area (Å²) in [6, 6.07) is 10.3. The lowest BCUT2D eigenvalue weighted by molar-refractivity contribution is 0.0302. The van der Waals surface area contributed by atoms with Gasteiger partial charge in [-0.15, -0.1) is 0 Å². The monoisotopic (exact) mass is 554 g/mol. The first-order valence-electron chi connectivity index (χ1n) is 11.8. The Balaban J connectivity index is 1.55. The molecule has 38 heavy (non-hydrogen) atoms. The molecule has 0 saturated carbocycles. The second-order valence-electron chi connectivity index (χ2n) is 8.56. The van der Waals surface area contributed by atoms with Crippen LogP contribution in [0.3, 0.4) is 0 Å². The van der Waals surface area contributed by atoms with Crippen LogP contribution in [0.25, 0.3) is 5.65 Å². The highest BCUT2D eigenvalue weighted by Crippen LogP contribution is 2.32. The number of methoxy groups -OCH3 is 1. The molecule has 3 heterocycles. The fourth-order valence-corrected chi connectivity index (χ4v) is 4.88. The molecule has 1 aliphatic heterocycles. The zero-order valence-electron chi connectivity index (χ0n) is 20.4. The van der Waals surface area contributed by atoms with E-state index < -0.39 is 5.91 Å². The number of rotatable bonds is 7. The van der Waals surface area contributed by atoms with Gasteiger partial charge in [0.1, 0.15) is 23.0 Å². The number of aromatic nitrogens is 3. The van der Waals surface area contributed by atoms with Gasteiger partial charge in [0.25, 0.3) is 11.8 Å². The molecule has 196 valence electrons. The predicted octanol–water partition coefficient (Wildman–Crippen LogP) is 3.95. The first-order valence-corrected chi connectivity index (χ1v) is 12.5. The van der Waals surface area contributed by atoms with Crippen molar-refractivity contribution in [2.24, 2.45) is 5.73 Å². The Morgan fingerprint density at radius 3 is 2.58 bits per heavy atom. The Labute approximate surface area is 228 Å². The van der Waals surface area contributed by atoms with Gasteiger partial charge < -0.3 is 25.4 Å². The summed E-state index contributed by atoms with van der Waals surface area (Å²) >= 11 is 12.8. The van der Waals surface area contributed by atoms with Crippen LogP contribution in [0.15, 0.2) is 48.8 Å². The van der Waals surface area contributed by atoms with E-state index in [1.807, 2.05) is 0 Å². The third-order valence-corrected chi connectivity index (χ3v) is 6.97. The van der Waals surface area contributed by atoms with Crippen molar-refractivity contribution in [2.45, 2.75) is 6.42 Å². The Bertz CT molecular complexity index is 1510. The van der Waals surface area contributed by atoms with Crippen LogP contribution >= 0.6 is 23.2 Å². The van der Waals surface area contributed by atoms with E-state index in [9.17, 15) is 9.59 Å². The van der Waals surface area contributed by atoms with Gasteiger partial charge in [-0.1, -0.05) is 29.3 Å². The fraction of sp³-hybridized carbons (Fsp3) is 0.231. The van der Waals surface area contributed by atoms with E-state index in [0.29, 0.717) is 70.4 Å². The van der Waals surface area contributed by atoms with Gasteiger partial charge in [0.15, 0.2) is 5.65 Å². The number of benzene rings is 2. The van der Waals surface area contributed by atoms with Crippen LogP contribution in [0.4, 0.5) is 11.5 Å². The van der Waals surface area contributed by atoms with Crippen LogP contribution in [-0.2, 0) is 11.2 Å². The summed E-state index contributed by atoms with van der Waals surface area (Å²) in [5, 5.41) is 4.13. The summed E-state index contributed by atoms with van der Waals surface area (Å²) in [7, 11) is 1.49. The summed E-state index contributed by atoms with van der Waals surface area (Å²) < 4.78 is 12.6. The Morgan fingerprint density at radius 2 is 1.89 bits per heavy atom. The minimum atomic E-state index is -0.711. The zero-order valence-corrected chi connectivity index (χ0v) is 21.9. The molecule has 10 nitrogen and oxygen atoms in total. The number of primary amides is 1. The molecule has 0 aliphatic carbocycles. The SMILES string of the molecule is COc1cc(C(=O)N2CCOCC2)ccc1Nc1nc(Cc2c(Cl)cccc2Cl)n2ccnc2c1C(N)=O. The number of morpholine rings is 1. The number of carbonyl (C=O) groups is 2. The second-order valence-corrected chi connectivity index (χ2v) is 9.37. The van der Waals surface area contributed by atoms with Crippen molar-refractivity contribution < 1.29 is 19.1 Å². The normalized spacial score (nSPS) is 13.5. The van der Waals surface area contributed by atoms with Crippen LogP contribution in [0.1, 0.15) is 32.1 Å². The van der Waals surface area contributed by atoms with Crippen molar-refractivity contribution in [3.8, 4) is 5.75 Å². The molecule has 2 aromatic carbocycles. The third kappa shape index (κ3) is 4.98. The number of ether oxygens (including phenoxy) is 2. The number of imidazole rings is 1. The zero-order chi connectivity index (χ0) is 26.8. The smallest absolute Gasteiger partial charge is 0.256 e. The lowest BCUT2D eigenvalue weighted by Gasteiger charge is -2.27. The first kappa shape index (κ1) is 25.8. The largest absolute Gasteiger partial charge is 0.495 e. The van der Waals surface area contributed by atoms with Crippen molar-refractivity contribution in [1.29, 1.82) is 0 Å². The maximum Gasteiger partial charge on any atom is 0.256 e. The number of amides is 2. The molecule has 2 amide bonds. The number of halogens is 2. The number of hydrogen-bond acceptors (Lipinski definition) is 7. The average molecular weight is 555 g/mol. The summed E-state index contributed by atoms with van der Waals surface area (Å²) in [6.45, 7) is 2.05. The number of nitrogens with two attached hydrogens (primary N) is 1. The van der Waals surface area contributed by atoms with Crippen LogP contribution in [0.5, 0.6) is 5.75 Å². The average Bonchev–Trinajstić information content (AvgIpc) is 3.40. The maximum atomic E-state index is 13.0. The number of anilines is 2. The molecule has 0 atom stereocenters. The molecule has 1 saturated heterocycles. The number of hydrogen-bond donors (Lipinski definition) is 2. The van der Waals surface area contributed by atoms with Crippen molar-refractivity contribution in [2.75, 3.05) is 38.7 Å². The molecule has 0 radical (unpaired) electrons. The quantitative estimate of drug-likeness (QED) is 0.354. The number of nitrogens with zero attached hydrogens (tertiary/aromatic N) is 4. The second kappa shape index (κ2) is 10.9. The Hall–Kier alpha value is -3.86. The van der Waals surface area contributed by atoms with Crippen LogP contribution in [0, 0.1) is 0 Å². The number of fused-ring (bicyclic) bond motifs is 1. The highest BCUT2D eigenvalue weighted by Gasteiger charge is 2.23. The minimum Gasteiger partial charge on any atom is -0.495 e. The molecule has 1 aliphatic rings. The van der Waals surface area contributed by atoms with Crippen LogP contribution in [-0.4, -0.2) is 64.5 Å². The minimum absolute atomic E-state index is 0.0968. The van der Waals surface area contributed by atoms with Gasteiger partial charge in [-0.2, -0.15) is 0 Å². The standard InChI is InChI=1S/C26H24Cl2N6O4/c1-37-20-13-15(26(36)33-9-11-38-12-10-33)5-6-19(20)31-24-22(23(29)35)25-30-7-8-34(25)21(32-24)14-16-17(27)3-2-4-18(16)28/h2-8,13,31H,9-12,14H2,1H3,(H2,29,35). The van der Waals surface area contributed by atoms with E-state index in [2.05, 4.69) is 10.3 Å². The highest BCUT2D eigenvalue weighted by atomic mass is 35.5. The molecular weight excluding hydrogens is 531 g/mol. The van der Waals surface area contributed by atoms with E-state index in [-0.39, 0.29) is 23.7 Å². The summed E-state index contributed by atoms with van der Waals surface area (Å²) in [5.74, 6) is 0.265. The van der Waals surface area contributed by atoms with Gasteiger partial charge in [0, 0.05) is 47.5 Å². The lowest BCUT2D eigenvalue weighted by atomic mass is 10.1. The molecule has 0 unspecified atom stereocenters. The Kier molecular flexibility index (Phi) is 7.37. The van der Waals surface area contributed by atoms with E-state index in [0.717, 1.165) is 0 Å². The third-order valence-electron chi connectivity index (χ3n) is 6.26. The van der Waals surface area contributed by atoms with Crippen molar-refractivity contribution >= 4 is 52.2 Å². The van der Waals surface area contributed by atoms with E-state index in [4.69, 9.17) is 43.4 Å². The number of carbonyl (C=O) groups excluding carboxylic acids is 2. The molecule has 5 rings (SSSR count). The lowest BCUT2D eigenvalue weighted by Crippen LogP contribution is -2.40. The van der Waals surface area contributed by atoms with Gasteiger partial charge in [-0.25, -0.2) is 9.97 Å². The van der Waals surface area contributed by atoms with Crippen molar-refractivity contribution in [3.63, 3.8) is 0 Å². The molecular formula is C26H24Cl2N6O4. The maximum absolute atomic E-state index is 13.0. The molecule has 0 spiro atoms. The van der Waals surface area contributed by atoms with Crippen molar-refractivity contribution in [3.05, 3.63) is 81.4 Å². The van der Waals surface area contributed by atoms with Gasteiger partial charge in [-0.05, 0) is 35.9 Å². The molecule has 2 aromatic heterocycles. The van der Waals surface area contributed by atoms with Gasteiger partial charge >= 0.3 is 0 Å². The topological polar surface area (TPSA) is 124 Å². The molecule has 3 N–H and O–H groups in total. The van der Waals surface area contributed by atoms with Crippen molar-refractivity contribution in [1.82, 2.24) is 19.3 Å². The van der Waals surface area contributed by atoms with E-state index in [1.54, 1.807) is 58.1 Å². The Morgan fingerprint density at radius 1 is 1.16 bits per heavy atom. The molecule has 12 heteroatoms. The van der Waals surface area contributed by atoms with Crippen LogP contribution < -0.4 is 15.8 Å². The van der Waals surface area contributed by atoms with E-state index in [1.165, 1.54) is 7.11 Å². The summed E-state index contributed by atoms with van der Waals surface area (Å²) in [6.07, 6.45) is 3.51. The molecule has 1 fully saturated rings. The first-order chi connectivity index (χ1) is 18.4. The van der Waals surface area contributed by atoms with E-state index >= 15 is 0 Å². The predicted molar refractivity (Wildman–Crippen MR) is 144 cm³/mol. The summed E-state index contributed by atoms with van der Waals surface area (Å²) in [4.78, 5) is 36.3. The van der Waals surface area contributed by atoms with Crippen LogP contribution in [0.2, 0.25) is 10.0 Å². The van der Waals surface area contributed by atoms with Gasteiger partial charge in [0.2, 0.25) is 0 Å². The summed E-state index contributed by atoms with van der Waals surface area (Å²) in [5.41, 5.74) is 7.81.